The van der Waals surface area contributed by atoms with Crippen molar-refractivity contribution in [3.8, 4) is 11.1 Å². The number of rotatable bonds is 3. The second-order valence-electron chi connectivity index (χ2n) is 6.09. The number of carbonyl (C=O) groups is 1. The van der Waals surface area contributed by atoms with E-state index in [-0.39, 0.29) is 5.91 Å². The fourth-order valence-electron chi connectivity index (χ4n) is 3.09. The molecule has 2 heterocycles. The number of imidazole rings is 1. The van der Waals surface area contributed by atoms with Crippen molar-refractivity contribution < 1.29 is 4.79 Å². The van der Waals surface area contributed by atoms with Crippen LogP contribution in [0.15, 0.2) is 60.8 Å². The lowest BCUT2D eigenvalue weighted by Gasteiger charge is -2.11. The normalized spacial score (nSPS) is 13.3. The molecule has 2 aromatic carbocycles. The Labute approximate surface area is 141 Å². The number of anilines is 1. The molecule has 4 nitrogen and oxygen atoms in total. The van der Waals surface area contributed by atoms with Crippen molar-refractivity contribution in [2.45, 2.75) is 25.8 Å². The Hall–Kier alpha value is -2.88. The molecule has 1 amide bonds. The molecule has 4 heteroatoms. The van der Waals surface area contributed by atoms with Gasteiger partial charge < -0.3 is 9.88 Å². The molecule has 0 saturated heterocycles. The molecule has 1 aliphatic heterocycles. The largest absolute Gasteiger partial charge is 0.334 e. The number of nitrogens with zero attached hydrogens (tertiary/aromatic N) is 2. The van der Waals surface area contributed by atoms with Crippen molar-refractivity contribution in [1.29, 1.82) is 0 Å². The van der Waals surface area contributed by atoms with E-state index in [1.54, 1.807) is 0 Å². The summed E-state index contributed by atoms with van der Waals surface area (Å²) in [5.74, 6) is 0.871. The molecule has 0 bridgehead atoms. The first kappa shape index (κ1) is 14.7. The molecule has 0 atom stereocenters. The van der Waals surface area contributed by atoms with E-state index in [0.717, 1.165) is 48.4 Å². The summed E-state index contributed by atoms with van der Waals surface area (Å²) >= 11 is 0. The van der Waals surface area contributed by atoms with Gasteiger partial charge in [0.15, 0.2) is 0 Å². The van der Waals surface area contributed by atoms with E-state index in [9.17, 15) is 4.79 Å². The molecule has 0 saturated carbocycles. The van der Waals surface area contributed by atoms with Crippen LogP contribution in [0.2, 0.25) is 0 Å². The lowest BCUT2D eigenvalue weighted by molar-refractivity contribution is 0.102. The fourth-order valence-corrected chi connectivity index (χ4v) is 3.09. The third kappa shape index (κ3) is 2.95. The standard InChI is InChI=1S/C20H19N3O/c24-20(18-14-23-13-5-4-8-19(23)22-18)21-17-11-9-16(10-12-17)15-6-2-1-3-7-15/h1-3,6-7,9-12,14H,4-5,8,13H2,(H,21,24). The maximum absolute atomic E-state index is 12.4. The monoisotopic (exact) mass is 317 g/mol. The van der Waals surface area contributed by atoms with Crippen molar-refractivity contribution in [2.24, 2.45) is 0 Å². The van der Waals surface area contributed by atoms with Crippen molar-refractivity contribution in [3.63, 3.8) is 0 Å². The van der Waals surface area contributed by atoms with Gasteiger partial charge in [0.05, 0.1) is 0 Å². The van der Waals surface area contributed by atoms with Crippen LogP contribution in [0.25, 0.3) is 11.1 Å². The van der Waals surface area contributed by atoms with Gasteiger partial charge in [-0.1, -0.05) is 42.5 Å². The van der Waals surface area contributed by atoms with Gasteiger partial charge >= 0.3 is 0 Å². The first-order valence-corrected chi connectivity index (χ1v) is 8.32. The summed E-state index contributed by atoms with van der Waals surface area (Å²) in [6, 6.07) is 18.1. The van der Waals surface area contributed by atoms with Gasteiger partial charge in [0.1, 0.15) is 11.5 Å². The molecular formula is C20H19N3O. The number of fused-ring (bicyclic) bond motifs is 1. The third-order valence-electron chi connectivity index (χ3n) is 4.39. The van der Waals surface area contributed by atoms with Gasteiger partial charge in [-0.25, -0.2) is 4.98 Å². The number of benzene rings is 2. The molecule has 1 N–H and O–H groups in total. The molecule has 1 aromatic heterocycles. The first-order valence-electron chi connectivity index (χ1n) is 8.32. The van der Waals surface area contributed by atoms with Crippen LogP contribution in [0.3, 0.4) is 0 Å². The molecule has 4 rings (SSSR count). The van der Waals surface area contributed by atoms with E-state index in [4.69, 9.17) is 0 Å². The van der Waals surface area contributed by atoms with E-state index < -0.39 is 0 Å². The summed E-state index contributed by atoms with van der Waals surface area (Å²) in [7, 11) is 0. The highest BCUT2D eigenvalue weighted by molar-refractivity contribution is 6.02. The van der Waals surface area contributed by atoms with Crippen molar-refractivity contribution in [1.82, 2.24) is 9.55 Å². The highest BCUT2D eigenvalue weighted by atomic mass is 16.1. The summed E-state index contributed by atoms with van der Waals surface area (Å²) in [6.45, 7) is 0.960. The van der Waals surface area contributed by atoms with Gasteiger partial charge in [0, 0.05) is 24.8 Å². The number of aromatic nitrogens is 2. The van der Waals surface area contributed by atoms with Crippen LogP contribution in [-0.4, -0.2) is 15.5 Å². The molecule has 0 radical (unpaired) electrons. The zero-order valence-corrected chi connectivity index (χ0v) is 13.4. The molecule has 0 fully saturated rings. The lowest BCUT2D eigenvalue weighted by Crippen LogP contribution is -2.12. The van der Waals surface area contributed by atoms with E-state index in [2.05, 4.69) is 27.0 Å². The van der Waals surface area contributed by atoms with Gasteiger partial charge in [-0.3, -0.25) is 4.79 Å². The number of hydrogen-bond acceptors (Lipinski definition) is 2. The topological polar surface area (TPSA) is 46.9 Å². The highest BCUT2D eigenvalue weighted by Gasteiger charge is 2.16. The average Bonchev–Trinajstić information content (AvgIpc) is 3.07. The van der Waals surface area contributed by atoms with Gasteiger partial charge in [0.25, 0.3) is 5.91 Å². The zero-order valence-electron chi connectivity index (χ0n) is 13.4. The second-order valence-corrected chi connectivity index (χ2v) is 6.09. The number of hydrogen-bond donors (Lipinski definition) is 1. The summed E-state index contributed by atoms with van der Waals surface area (Å²) in [5.41, 5.74) is 3.58. The lowest BCUT2D eigenvalue weighted by atomic mass is 10.1. The molecule has 0 spiro atoms. The number of aryl methyl sites for hydroxylation is 2. The van der Waals surface area contributed by atoms with Gasteiger partial charge in [-0.2, -0.15) is 0 Å². The van der Waals surface area contributed by atoms with Crippen molar-refractivity contribution >= 4 is 11.6 Å². The van der Waals surface area contributed by atoms with Crippen LogP contribution in [0.1, 0.15) is 29.2 Å². The smallest absolute Gasteiger partial charge is 0.275 e. The zero-order chi connectivity index (χ0) is 16.4. The minimum atomic E-state index is -0.149. The van der Waals surface area contributed by atoms with E-state index in [1.807, 2.05) is 48.7 Å². The van der Waals surface area contributed by atoms with Crippen LogP contribution >= 0.6 is 0 Å². The maximum atomic E-state index is 12.4. The SMILES string of the molecule is O=C(Nc1ccc(-c2ccccc2)cc1)c1cn2c(n1)CCCC2. The molecule has 0 unspecified atom stereocenters. The minimum absolute atomic E-state index is 0.149. The average molecular weight is 317 g/mol. The predicted molar refractivity (Wildman–Crippen MR) is 95.0 cm³/mol. The molecule has 120 valence electrons. The summed E-state index contributed by atoms with van der Waals surface area (Å²) in [6.07, 6.45) is 5.13. The van der Waals surface area contributed by atoms with E-state index in [1.165, 1.54) is 0 Å². The van der Waals surface area contributed by atoms with Crippen LogP contribution in [0, 0.1) is 0 Å². The molecule has 0 aliphatic carbocycles. The first-order chi connectivity index (χ1) is 11.8. The minimum Gasteiger partial charge on any atom is -0.334 e. The van der Waals surface area contributed by atoms with Crippen molar-refractivity contribution in [2.75, 3.05) is 5.32 Å². The van der Waals surface area contributed by atoms with Crippen LogP contribution in [-0.2, 0) is 13.0 Å². The predicted octanol–water partition coefficient (Wildman–Crippen LogP) is 4.14. The molecular weight excluding hydrogens is 298 g/mol. The Bertz CT molecular complexity index is 827. The van der Waals surface area contributed by atoms with Crippen LogP contribution < -0.4 is 5.32 Å². The Morgan fingerprint density at radius 1 is 0.958 bits per heavy atom. The maximum Gasteiger partial charge on any atom is 0.275 e. The Morgan fingerprint density at radius 2 is 1.71 bits per heavy atom. The Kier molecular flexibility index (Phi) is 3.87. The molecule has 1 aliphatic rings. The van der Waals surface area contributed by atoms with Gasteiger partial charge in [0.2, 0.25) is 0 Å². The number of nitrogens with one attached hydrogen (secondary N) is 1. The highest BCUT2D eigenvalue weighted by Crippen LogP contribution is 2.21. The molecule has 3 aromatic rings. The quantitative estimate of drug-likeness (QED) is 0.789. The number of carbonyl (C=O) groups excluding carboxylic acids is 1. The fraction of sp³-hybridized carbons (Fsp3) is 0.200. The third-order valence-corrected chi connectivity index (χ3v) is 4.39. The van der Waals surface area contributed by atoms with E-state index in [0.29, 0.717) is 5.69 Å². The Balaban J connectivity index is 1.49. The number of amides is 1. The second kappa shape index (κ2) is 6.32. The summed E-state index contributed by atoms with van der Waals surface area (Å²) in [5, 5.41) is 2.93. The van der Waals surface area contributed by atoms with Crippen LogP contribution in [0.4, 0.5) is 5.69 Å². The van der Waals surface area contributed by atoms with Crippen LogP contribution in [0.5, 0.6) is 0 Å². The summed E-state index contributed by atoms with van der Waals surface area (Å²) in [4.78, 5) is 16.9. The molecule has 24 heavy (non-hydrogen) atoms. The van der Waals surface area contributed by atoms with Gasteiger partial charge in [-0.05, 0) is 36.1 Å². The summed E-state index contributed by atoms with van der Waals surface area (Å²) < 4.78 is 2.09. The van der Waals surface area contributed by atoms with Crippen molar-refractivity contribution in [3.05, 3.63) is 72.3 Å². The Morgan fingerprint density at radius 3 is 2.46 bits per heavy atom. The van der Waals surface area contributed by atoms with E-state index >= 15 is 0 Å². The van der Waals surface area contributed by atoms with Gasteiger partial charge in [-0.15, -0.1) is 0 Å².